The molecule has 108 valence electrons. The third kappa shape index (κ3) is 4.96. The summed E-state index contributed by atoms with van der Waals surface area (Å²) in [4.78, 5) is 0. The summed E-state index contributed by atoms with van der Waals surface area (Å²) in [5.41, 5.74) is 1.18. The first-order valence-electron chi connectivity index (χ1n) is 7.61. The van der Waals surface area contributed by atoms with E-state index in [4.69, 9.17) is 4.74 Å². The minimum absolute atomic E-state index is 0.495. The fraction of sp³-hybridized carbons (Fsp3) is 0.800. The van der Waals surface area contributed by atoms with Gasteiger partial charge in [-0.3, -0.25) is 4.68 Å². The molecule has 0 aliphatic carbocycles. The van der Waals surface area contributed by atoms with Crippen LogP contribution in [0.25, 0.3) is 0 Å². The normalized spacial score (nSPS) is 20.8. The Morgan fingerprint density at radius 2 is 2.47 bits per heavy atom. The van der Waals surface area contributed by atoms with Crippen molar-refractivity contribution in [1.82, 2.24) is 15.1 Å². The molecule has 0 aromatic carbocycles. The van der Waals surface area contributed by atoms with Gasteiger partial charge in [0.2, 0.25) is 0 Å². The molecule has 0 radical (unpaired) electrons. The Bertz CT molecular complexity index is 358. The molecule has 1 aliphatic rings. The average Bonchev–Trinajstić information content (AvgIpc) is 3.04. The molecule has 1 N–H and O–H groups in total. The van der Waals surface area contributed by atoms with Gasteiger partial charge in [0.15, 0.2) is 0 Å². The van der Waals surface area contributed by atoms with Gasteiger partial charge in [-0.1, -0.05) is 6.92 Å². The highest BCUT2D eigenvalue weighted by molar-refractivity contribution is 5.01. The molecular weight excluding hydrogens is 238 g/mol. The van der Waals surface area contributed by atoms with Crippen LogP contribution in [0.3, 0.4) is 0 Å². The molecule has 2 unspecified atom stereocenters. The van der Waals surface area contributed by atoms with E-state index < -0.39 is 0 Å². The lowest BCUT2D eigenvalue weighted by Gasteiger charge is -2.19. The quantitative estimate of drug-likeness (QED) is 0.784. The van der Waals surface area contributed by atoms with Gasteiger partial charge in [0, 0.05) is 32.3 Å². The minimum atomic E-state index is 0.495. The summed E-state index contributed by atoms with van der Waals surface area (Å²) in [7, 11) is 1.98. The van der Waals surface area contributed by atoms with Crippen LogP contribution in [0.2, 0.25) is 0 Å². The van der Waals surface area contributed by atoms with Gasteiger partial charge in [-0.05, 0) is 44.7 Å². The van der Waals surface area contributed by atoms with Gasteiger partial charge >= 0.3 is 0 Å². The maximum atomic E-state index is 5.71. The van der Waals surface area contributed by atoms with Crippen molar-refractivity contribution in [1.29, 1.82) is 0 Å². The second-order valence-corrected chi connectivity index (χ2v) is 5.55. The van der Waals surface area contributed by atoms with Gasteiger partial charge in [0.25, 0.3) is 0 Å². The van der Waals surface area contributed by atoms with Crippen LogP contribution in [0.15, 0.2) is 12.3 Å². The average molecular weight is 265 g/mol. The third-order valence-electron chi connectivity index (χ3n) is 3.77. The van der Waals surface area contributed by atoms with Gasteiger partial charge in [-0.25, -0.2) is 0 Å². The van der Waals surface area contributed by atoms with E-state index in [1.54, 1.807) is 0 Å². The van der Waals surface area contributed by atoms with Crippen LogP contribution in [-0.4, -0.2) is 35.1 Å². The highest BCUT2D eigenvalue weighted by Gasteiger charge is 2.18. The molecule has 2 atom stereocenters. The highest BCUT2D eigenvalue weighted by atomic mass is 16.5. The number of hydrogen-bond acceptors (Lipinski definition) is 3. The lowest BCUT2D eigenvalue weighted by atomic mass is 10.0. The largest absolute Gasteiger partial charge is 0.378 e. The zero-order valence-electron chi connectivity index (χ0n) is 12.3. The minimum Gasteiger partial charge on any atom is -0.378 e. The second-order valence-electron chi connectivity index (χ2n) is 5.55. The highest BCUT2D eigenvalue weighted by Crippen LogP contribution is 2.18. The summed E-state index contributed by atoms with van der Waals surface area (Å²) in [5.74, 6) is 0. The predicted octanol–water partition coefficient (Wildman–Crippen LogP) is 2.29. The standard InChI is InChI=1S/C15H27N3O/c1-3-9-16-13(6-7-15-5-4-11-19-15)12-14-8-10-18(2)17-14/h8,10,13,15-16H,3-7,9,11-12H2,1-2H3. The number of nitrogens with zero attached hydrogens (tertiary/aromatic N) is 2. The number of rotatable bonds is 8. The van der Waals surface area contributed by atoms with Gasteiger partial charge in [-0.2, -0.15) is 5.10 Å². The van der Waals surface area contributed by atoms with E-state index >= 15 is 0 Å². The first-order valence-corrected chi connectivity index (χ1v) is 7.61. The van der Waals surface area contributed by atoms with Gasteiger partial charge in [-0.15, -0.1) is 0 Å². The number of ether oxygens (including phenoxy) is 1. The lowest BCUT2D eigenvalue weighted by molar-refractivity contribution is 0.0995. The van der Waals surface area contributed by atoms with Gasteiger partial charge < -0.3 is 10.1 Å². The van der Waals surface area contributed by atoms with E-state index in [0.29, 0.717) is 12.1 Å². The Morgan fingerprint density at radius 1 is 1.58 bits per heavy atom. The topological polar surface area (TPSA) is 39.1 Å². The molecule has 1 saturated heterocycles. The molecule has 1 aliphatic heterocycles. The van der Waals surface area contributed by atoms with Crippen molar-refractivity contribution >= 4 is 0 Å². The van der Waals surface area contributed by atoms with E-state index in [1.165, 1.54) is 37.8 Å². The van der Waals surface area contributed by atoms with Crippen LogP contribution in [0.5, 0.6) is 0 Å². The van der Waals surface area contributed by atoms with Crippen LogP contribution in [0.1, 0.15) is 44.7 Å². The monoisotopic (exact) mass is 265 g/mol. The number of hydrogen-bond donors (Lipinski definition) is 1. The van der Waals surface area contributed by atoms with Crippen molar-refractivity contribution in [2.45, 2.75) is 57.6 Å². The van der Waals surface area contributed by atoms with E-state index in [9.17, 15) is 0 Å². The smallest absolute Gasteiger partial charge is 0.0639 e. The molecule has 1 fully saturated rings. The molecule has 0 saturated carbocycles. The lowest BCUT2D eigenvalue weighted by Crippen LogP contribution is -2.33. The van der Waals surface area contributed by atoms with Crippen molar-refractivity contribution in [3.8, 4) is 0 Å². The van der Waals surface area contributed by atoms with Crippen LogP contribution in [0.4, 0.5) is 0 Å². The van der Waals surface area contributed by atoms with E-state index in [-0.39, 0.29) is 0 Å². The number of nitrogens with one attached hydrogen (secondary N) is 1. The van der Waals surface area contributed by atoms with Crippen molar-refractivity contribution in [2.75, 3.05) is 13.2 Å². The van der Waals surface area contributed by atoms with Crippen molar-refractivity contribution in [2.24, 2.45) is 7.05 Å². The van der Waals surface area contributed by atoms with E-state index in [0.717, 1.165) is 19.6 Å². The van der Waals surface area contributed by atoms with Gasteiger partial charge in [0.1, 0.15) is 0 Å². The second kappa shape index (κ2) is 7.65. The summed E-state index contributed by atoms with van der Waals surface area (Å²) in [6.07, 6.45) is 9.55. The molecule has 0 spiro atoms. The van der Waals surface area contributed by atoms with Crippen LogP contribution in [-0.2, 0) is 18.2 Å². The summed E-state index contributed by atoms with van der Waals surface area (Å²) in [6, 6.07) is 2.64. The zero-order valence-corrected chi connectivity index (χ0v) is 12.3. The number of aryl methyl sites for hydroxylation is 1. The zero-order chi connectivity index (χ0) is 13.5. The van der Waals surface area contributed by atoms with Gasteiger partial charge in [0.05, 0.1) is 11.8 Å². The third-order valence-corrected chi connectivity index (χ3v) is 3.77. The first kappa shape index (κ1) is 14.5. The Labute approximate surface area is 116 Å². The summed E-state index contributed by atoms with van der Waals surface area (Å²) in [6.45, 7) is 4.26. The maximum Gasteiger partial charge on any atom is 0.0639 e. The molecule has 2 rings (SSSR count). The Morgan fingerprint density at radius 3 is 3.11 bits per heavy atom. The molecule has 19 heavy (non-hydrogen) atoms. The van der Waals surface area contributed by atoms with Crippen molar-refractivity contribution in [3.05, 3.63) is 18.0 Å². The molecule has 0 bridgehead atoms. The molecule has 0 amide bonds. The molecule has 2 heterocycles. The van der Waals surface area contributed by atoms with Crippen LogP contribution < -0.4 is 5.32 Å². The first-order chi connectivity index (χ1) is 9.28. The van der Waals surface area contributed by atoms with Crippen molar-refractivity contribution < 1.29 is 4.74 Å². The number of aromatic nitrogens is 2. The Hall–Kier alpha value is -0.870. The van der Waals surface area contributed by atoms with E-state index in [1.807, 2.05) is 17.9 Å². The summed E-state index contributed by atoms with van der Waals surface area (Å²) < 4.78 is 7.60. The molecule has 1 aromatic rings. The molecule has 1 aromatic heterocycles. The molecule has 4 nitrogen and oxygen atoms in total. The molecular formula is C15H27N3O. The predicted molar refractivity (Wildman–Crippen MR) is 77.2 cm³/mol. The van der Waals surface area contributed by atoms with Crippen LogP contribution >= 0.6 is 0 Å². The summed E-state index contributed by atoms with van der Waals surface area (Å²) >= 11 is 0. The van der Waals surface area contributed by atoms with Crippen molar-refractivity contribution in [3.63, 3.8) is 0 Å². The Balaban J connectivity index is 1.79. The fourth-order valence-corrected chi connectivity index (χ4v) is 2.71. The summed E-state index contributed by atoms with van der Waals surface area (Å²) in [5, 5.41) is 8.13. The fourth-order valence-electron chi connectivity index (χ4n) is 2.71. The van der Waals surface area contributed by atoms with E-state index in [2.05, 4.69) is 23.4 Å². The molecule has 4 heteroatoms. The maximum absolute atomic E-state index is 5.71. The Kier molecular flexibility index (Phi) is 5.86. The van der Waals surface area contributed by atoms with Crippen LogP contribution in [0, 0.1) is 0 Å². The SMILES string of the molecule is CCCNC(CCC1CCCO1)Cc1ccn(C)n1.